The molecule has 0 spiro atoms. The van der Waals surface area contributed by atoms with Gasteiger partial charge in [0.1, 0.15) is 12.2 Å². The fraction of sp³-hybridized carbons (Fsp3) is 0.125. The summed E-state index contributed by atoms with van der Waals surface area (Å²) in [6.45, 7) is -0.567. The summed E-state index contributed by atoms with van der Waals surface area (Å²) in [5.74, 6) is -1.23. The lowest BCUT2D eigenvalue weighted by molar-refractivity contribution is -0.421. The second-order valence-corrected chi connectivity index (χ2v) is 2.93. The number of nitrogens with zero attached hydrogens (tertiary/aromatic N) is 2. The summed E-state index contributed by atoms with van der Waals surface area (Å²) in [6.07, 6.45) is 0. The first kappa shape index (κ1) is 12.4. The van der Waals surface area contributed by atoms with Crippen LogP contribution in [0.5, 0.6) is 0 Å². The highest BCUT2D eigenvalue weighted by atomic mass is 16.6. The minimum Gasteiger partial charge on any atom is -0.480 e. The molecule has 0 radical (unpaired) electrons. The van der Waals surface area contributed by atoms with Gasteiger partial charge in [-0.25, -0.2) is 0 Å². The molecule has 17 heavy (non-hydrogen) atoms. The molecule has 90 valence electrons. The van der Waals surface area contributed by atoms with Crippen molar-refractivity contribution in [2.24, 2.45) is 0 Å². The first-order chi connectivity index (χ1) is 7.93. The Balaban J connectivity index is 3.20. The second kappa shape index (κ2) is 4.88. The number of carbonyl (C=O) groups is 1. The fourth-order valence-electron chi connectivity index (χ4n) is 1.18. The van der Waals surface area contributed by atoms with Gasteiger partial charge in [0.15, 0.2) is 0 Å². The van der Waals surface area contributed by atoms with Crippen LogP contribution in [0.1, 0.15) is 0 Å². The quantitative estimate of drug-likeness (QED) is 0.579. The summed E-state index contributed by atoms with van der Waals surface area (Å²) < 4.78 is 0. The maximum atomic E-state index is 10.7. The number of nitro benzene ring substituents is 2. The maximum Gasteiger partial charge on any atom is 0.368 e. The van der Waals surface area contributed by atoms with Crippen molar-refractivity contribution < 1.29 is 19.7 Å². The molecule has 9 nitrogen and oxygen atoms in total. The van der Waals surface area contributed by atoms with Crippen molar-refractivity contribution in [1.29, 1.82) is 0 Å². The number of carboxylic acids is 1. The topological polar surface area (TPSA) is 136 Å². The molecule has 0 aliphatic carbocycles. The fourth-order valence-corrected chi connectivity index (χ4v) is 1.18. The van der Waals surface area contributed by atoms with Crippen LogP contribution in [0.4, 0.5) is 17.1 Å². The number of anilines is 1. The van der Waals surface area contributed by atoms with E-state index < -0.39 is 33.7 Å². The smallest absolute Gasteiger partial charge is 0.368 e. The Labute approximate surface area is 94.0 Å². The average Bonchev–Trinajstić information content (AvgIpc) is 2.25. The lowest BCUT2D eigenvalue weighted by Gasteiger charge is -2.04. The van der Waals surface area contributed by atoms with Crippen molar-refractivity contribution in [3.8, 4) is 0 Å². The number of benzene rings is 1. The van der Waals surface area contributed by atoms with Crippen LogP contribution < -0.4 is 5.32 Å². The molecule has 0 aliphatic rings. The molecule has 0 saturated heterocycles. The molecule has 1 aromatic carbocycles. The molecule has 2 N–H and O–H groups in total. The van der Waals surface area contributed by atoms with Crippen LogP contribution in [0.25, 0.3) is 0 Å². The van der Waals surface area contributed by atoms with Crippen molar-refractivity contribution in [2.45, 2.75) is 0 Å². The number of nitro groups is 2. The maximum absolute atomic E-state index is 10.7. The number of nitrogens with one attached hydrogen (secondary N) is 1. The van der Waals surface area contributed by atoms with Gasteiger partial charge in [0.2, 0.25) is 0 Å². The van der Waals surface area contributed by atoms with Gasteiger partial charge in [0.05, 0.1) is 9.85 Å². The Bertz CT molecular complexity index is 486. The van der Waals surface area contributed by atoms with Gasteiger partial charge in [-0.3, -0.25) is 25.0 Å². The number of para-hydroxylation sites is 1. The monoisotopic (exact) mass is 241 g/mol. The number of rotatable bonds is 5. The van der Waals surface area contributed by atoms with E-state index in [0.29, 0.717) is 0 Å². The van der Waals surface area contributed by atoms with E-state index in [1.54, 1.807) is 0 Å². The van der Waals surface area contributed by atoms with Crippen molar-refractivity contribution in [2.75, 3.05) is 11.9 Å². The molecule has 0 unspecified atom stereocenters. The van der Waals surface area contributed by atoms with Crippen molar-refractivity contribution in [3.05, 3.63) is 38.4 Å². The van der Waals surface area contributed by atoms with Gasteiger partial charge >= 0.3 is 17.3 Å². The van der Waals surface area contributed by atoms with Crippen LogP contribution in [0.15, 0.2) is 18.2 Å². The molecule has 0 saturated carbocycles. The largest absolute Gasteiger partial charge is 0.480 e. The SMILES string of the molecule is O=C(O)CNc1cccc([N+](=O)[O-])c1[N+](=O)[O-]. The predicted molar refractivity (Wildman–Crippen MR) is 55.9 cm³/mol. The highest BCUT2D eigenvalue weighted by molar-refractivity contribution is 5.77. The zero-order chi connectivity index (χ0) is 13.0. The van der Waals surface area contributed by atoms with E-state index in [-0.39, 0.29) is 5.69 Å². The second-order valence-electron chi connectivity index (χ2n) is 2.93. The first-order valence-corrected chi connectivity index (χ1v) is 4.31. The molecule has 0 aromatic heterocycles. The predicted octanol–water partition coefficient (Wildman–Crippen LogP) is 1.000. The van der Waals surface area contributed by atoms with Crippen molar-refractivity contribution in [1.82, 2.24) is 0 Å². The molecule has 1 aromatic rings. The number of hydrogen-bond donors (Lipinski definition) is 2. The highest BCUT2D eigenvalue weighted by Gasteiger charge is 2.28. The third-order valence-corrected chi connectivity index (χ3v) is 1.82. The Morgan fingerprint density at radius 3 is 2.41 bits per heavy atom. The van der Waals surface area contributed by atoms with Crippen LogP contribution in [0, 0.1) is 20.2 Å². The van der Waals surface area contributed by atoms with E-state index in [4.69, 9.17) is 5.11 Å². The van der Waals surface area contributed by atoms with E-state index in [0.717, 1.165) is 6.07 Å². The lowest BCUT2D eigenvalue weighted by atomic mass is 10.2. The third kappa shape index (κ3) is 2.87. The Hall–Kier alpha value is -2.71. The van der Waals surface area contributed by atoms with Crippen LogP contribution in [-0.2, 0) is 4.79 Å². The van der Waals surface area contributed by atoms with Gasteiger partial charge in [-0.1, -0.05) is 6.07 Å². The first-order valence-electron chi connectivity index (χ1n) is 4.31. The molecule has 0 atom stereocenters. The van der Waals surface area contributed by atoms with Gasteiger partial charge in [-0.15, -0.1) is 0 Å². The van der Waals surface area contributed by atoms with Gasteiger partial charge in [0.25, 0.3) is 0 Å². The molecular weight excluding hydrogens is 234 g/mol. The van der Waals surface area contributed by atoms with Crippen LogP contribution in [-0.4, -0.2) is 27.5 Å². The summed E-state index contributed by atoms with van der Waals surface area (Å²) >= 11 is 0. The van der Waals surface area contributed by atoms with Crippen molar-refractivity contribution in [3.63, 3.8) is 0 Å². The molecule has 0 heterocycles. The summed E-state index contributed by atoms with van der Waals surface area (Å²) in [6, 6.07) is 3.41. The molecule has 9 heteroatoms. The average molecular weight is 241 g/mol. The van der Waals surface area contributed by atoms with Crippen LogP contribution in [0.3, 0.4) is 0 Å². The Morgan fingerprint density at radius 2 is 1.94 bits per heavy atom. The minimum absolute atomic E-state index is 0.202. The van der Waals surface area contributed by atoms with E-state index in [1.165, 1.54) is 12.1 Å². The summed E-state index contributed by atoms with van der Waals surface area (Å²) in [5.41, 5.74) is -1.64. The van der Waals surface area contributed by atoms with Crippen molar-refractivity contribution >= 4 is 23.0 Å². The summed E-state index contributed by atoms with van der Waals surface area (Å²) in [5, 5.41) is 31.9. The van der Waals surface area contributed by atoms with E-state index in [1.807, 2.05) is 0 Å². The van der Waals surface area contributed by atoms with Crippen LogP contribution in [0.2, 0.25) is 0 Å². The van der Waals surface area contributed by atoms with E-state index in [2.05, 4.69) is 5.32 Å². The Morgan fingerprint density at radius 1 is 1.29 bits per heavy atom. The zero-order valence-electron chi connectivity index (χ0n) is 8.32. The van der Waals surface area contributed by atoms with Gasteiger partial charge in [-0.05, 0) is 6.07 Å². The summed E-state index contributed by atoms with van der Waals surface area (Å²) in [7, 11) is 0. The van der Waals surface area contributed by atoms with Crippen LogP contribution >= 0.6 is 0 Å². The molecular formula is C8H7N3O6. The molecule has 1 rings (SSSR count). The van der Waals surface area contributed by atoms with Gasteiger partial charge in [0, 0.05) is 6.07 Å². The lowest BCUT2D eigenvalue weighted by Crippen LogP contribution is -2.13. The zero-order valence-corrected chi connectivity index (χ0v) is 8.32. The highest BCUT2D eigenvalue weighted by Crippen LogP contribution is 2.33. The number of aliphatic carboxylic acids is 1. The minimum atomic E-state index is -1.23. The number of hydrogen-bond acceptors (Lipinski definition) is 6. The summed E-state index contributed by atoms with van der Waals surface area (Å²) in [4.78, 5) is 29.8. The molecule has 0 bridgehead atoms. The molecule has 0 fully saturated rings. The normalized spacial score (nSPS) is 9.65. The Kier molecular flexibility index (Phi) is 3.55. The third-order valence-electron chi connectivity index (χ3n) is 1.82. The van der Waals surface area contributed by atoms with E-state index in [9.17, 15) is 25.0 Å². The molecule has 0 aliphatic heterocycles. The standard InChI is InChI=1S/C8H7N3O6/c12-7(13)4-9-5-2-1-3-6(10(14)15)8(5)11(16)17/h1-3,9H,4H2,(H,12,13). The molecule has 0 amide bonds. The van der Waals surface area contributed by atoms with Gasteiger partial charge < -0.3 is 10.4 Å². The van der Waals surface area contributed by atoms with E-state index >= 15 is 0 Å². The van der Waals surface area contributed by atoms with Gasteiger partial charge in [-0.2, -0.15) is 0 Å². The number of carboxylic acid groups (broad SMARTS) is 1.